The second-order valence-electron chi connectivity index (χ2n) is 4.29. The van der Waals surface area contributed by atoms with Crippen molar-refractivity contribution in [1.29, 1.82) is 0 Å². The van der Waals surface area contributed by atoms with E-state index >= 15 is 0 Å². The quantitative estimate of drug-likeness (QED) is 0.780. The first-order valence-electron chi connectivity index (χ1n) is 6.05. The molecule has 112 valence electrons. The van der Waals surface area contributed by atoms with Gasteiger partial charge >= 0.3 is 0 Å². The largest absolute Gasteiger partial charge is 0.444 e. The highest BCUT2D eigenvalue weighted by Crippen LogP contribution is 2.14. The molecular formula is C13H12Br2N2O4. The van der Waals surface area contributed by atoms with E-state index in [0.717, 1.165) is 0 Å². The number of rotatable bonds is 5. The number of amides is 2. The molecule has 0 aromatic carbocycles. The molecule has 0 spiro atoms. The number of nitrogens with one attached hydrogen (secondary N) is 2. The standard InChI is InChI=1S/C13H12Br2N2O4/c1-7(17-13(19)9-3-5-11(15)21-9)6-16-12(18)8-2-4-10(14)20-8/h2-5,7H,6H2,1H3,(H,16,18)(H,17,19)/t7-/m1/s1. The Morgan fingerprint density at radius 3 is 2.05 bits per heavy atom. The van der Waals surface area contributed by atoms with Gasteiger partial charge in [-0.1, -0.05) is 0 Å². The lowest BCUT2D eigenvalue weighted by molar-refractivity contribution is 0.0883. The molecule has 2 aromatic rings. The lowest BCUT2D eigenvalue weighted by Gasteiger charge is -2.13. The van der Waals surface area contributed by atoms with Gasteiger partial charge in [-0.25, -0.2) is 0 Å². The minimum atomic E-state index is -0.345. The monoisotopic (exact) mass is 418 g/mol. The lowest BCUT2D eigenvalue weighted by atomic mass is 10.3. The number of hydrogen-bond donors (Lipinski definition) is 2. The molecule has 2 amide bonds. The van der Waals surface area contributed by atoms with Gasteiger partial charge in [0.2, 0.25) is 0 Å². The molecule has 2 N–H and O–H groups in total. The smallest absolute Gasteiger partial charge is 0.287 e. The van der Waals surface area contributed by atoms with Crippen molar-refractivity contribution in [1.82, 2.24) is 10.6 Å². The zero-order chi connectivity index (χ0) is 15.4. The Hall–Kier alpha value is -1.54. The number of carbonyl (C=O) groups is 2. The first-order chi connectivity index (χ1) is 9.95. The zero-order valence-corrected chi connectivity index (χ0v) is 14.2. The Labute approximate surface area is 137 Å². The molecular weight excluding hydrogens is 408 g/mol. The highest BCUT2D eigenvalue weighted by Gasteiger charge is 2.15. The SMILES string of the molecule is C[C@H](CNC(=O)c1ccc(Br)o1)NC(=O)c1ccc(Br)o1. The Morgan fingerprint density at radius 2 is 1.57 bits per heavy atom. The summed E-state index contributed by atoms with van der Waals surface area (Å²) in [7, 11) is 0. The van der Waals surface area contributed by atoms with Crippen LogP contribution in [0.25, 0.3) is 0 Å². The van der Waals surface area contributed by atoms with E-state index in [1.165, 1.54) is 0 Å². The van der Waals surface area contributed by atoms with Crippen LogP contribution in [-0.2, 0) is 0 Å². The first kappa shape index (κ1) is 15.8. The van der Waals surface area contributed by atoms with Crippen molar-refractivity contribution < 1.29 is 18.4 Å². The van der Waals surface area contributed by atoms with Crippen LogP contribution in [0.2, 0.25) is 0 Å². The van der Waals surface area contributed by atoms with Gasteiger partial charge in [0.15, 0.2) is 20.9 Å². The van der Waals surface area contributed by atoms with E-state index in [9.17, 15) is 9.59 Å². The summed E-state index contributed by atoms with van der Waals surface area (Å²) < 4.78 is 11.2. The number of furan rings is 2. The maximum absolute atomic E-state index is 11.8. The van der Waals surface area contributed by atoms with Gasteiger partial charge in [0.05, 0.1) is 0 Å². The fourth-order valence-corrected chi connectivity index (χ4v) is 2.16. The van der Waals surface area contributed by atoms with E-state index in [0.29, 0.717) is 9.34 Å². The van der Waals surface area contributed by atoms with E-state index in [4.69, 9.17) is 8.83 Å². The van der Waals surface area contributed by atoms with Gasteiger partial charge in [-0.2, -0.15) is 0 Å². The topological polar surface area (TPSA) is 84.5 Å². The molecule has 6 nitrogen and oxygen atoms in total. The van der Waals surface area contributed by atoms with E-state index < -0.39 is 0 Å². The third-order valence-electron chi connectivity index (χ3n) is 2.54. The van der Waals surface area contributed by atoms with E-state index in [2.05, 4.69) is 42.5 Å². The van der Waals surface area contributed by atoms with Gasteiger partial charge in [0.1, 0.15) is 0 Å². The number of carbonyl (C=O) groups excluding carboxylic acids is 2. The average molecular weight is 420 g/mol. The van der Waals surface area contributed by atoms with Gasteiger partial charge in [-0.05, 0) is 63.0 Å². The molecule has 8 heteroatoms. The maximum Gasteiger partial charge on any atom is 0.287 e. The second kappa shape index (κ2) is 6.95. The highest BCUT2D eigenvalue weighted by atomic mass is 79.9. The van der Waals surface area contributed by atoms with Crippen LogP contribution in [0.3, 0.4) is 0 Å². The van der Waals surface area contributed by atoms with Crippen molar-refractivity contribution in [2.45, 2.75) is 13.0 Å². The van der Waals surface area contributed by atoms with Crippen LogP contribution in [0.15, 0.2) is 42.4 Å². The maximum atomic E-state index is 11.8. The predicted octanol–water partition coefficient (Wildman–Crippen LogP) is 2.95. The van der Waals surface area contributed by atoms with Crippen LogP contribution < -0.4 is 10.6 Å². The molecule has 1 atom stereocenters. The van der Waals surface area contributed by atoms with E-state index in [-0.39, 0.29) is 35.9 Å². The fourth-order valence-electron chi connectivity index (χ4n) is 1.55. The van der Waals surface area contributed by atoms with E-state index in [1.54, 1.807) is 31.2 Å². The van der Waals surface area contributed by atoms with Crippen LogP contribution in [0.5, 0.6) is 0 Å². The number of halogens is 2. The Morgan fingerprint density at radius 1 is 1.05 bits per heavy atom. The van der Waals surface area contributed by atoms with Gasteiger partial charge in [-0.15, -0.1) is 0 Å². The summed E-state index contributed by atoms with van der Waals surface area (Å²) in [5, 5.41) is 5.38. The van der Waals surface area contributed by atoms with Crippen molar-refractivity contribution in [2.24, 2.45) is 0 Å². The fraction of sp³-hybridized carbons (Fsp3) is 0.231. The van der Waals surface area contributed by atoms with Gasteiger partial charge in [0, 0.05) is 12.6 Å². The van der Waals surface area contributed by atoms with Crippen LogP contribution in [0.1, 0.15) is 28.0 Å². The molecule has 0 saturated heterocycles. The Bertz CT molecular complexity index is 650. The summed E-state index contributed by atoms with van der Waals surface area (Å²) in [6, 6.07) is 6.13. The minimum absolute atomic E-state index is 0.204. The predicted molar refractivity (Wildman–Crippen MR) is 82.1 cm³/mol. The Balaban J connectivity index is 1.80. The lowest BCUT2D eigenvalue weighted by Crippen LogP contribution is -2.41. The normalized spacial score (nSPS) is 12.0. The molecule has 2 heterocycles. The molecule has 0 bridgehead atoms. The van der Waals surface area contributed by atoms with Crippen LogP contribution in [0, 0.1) is 0 Å². The molecule has 0 fully saturated rings. The molecule has 2 rings (SSSR count). The molecule has 2 aromatic heterocycles. The van der Waals surface area contributed by atoms with Crippen molar-refractivity contribution in [3.63, 3.8) is 0 Å². The Kier molecular flexibility index (Phi) is 5.24. The van der Waals surface area contributed by atoms with Crippen LogP contribution >= 0.6 is 31.9 Å². The molecule has 21 heavy (non-hydrogen) atoms. The summed E-state index contributed by atoms with van der Waals surface area (Å²) in [5.74, 6) is -0.281. The van der Waals surface area contributed by atoms with Crippen molar-refractivity contribution in [3.8, 4) is 0 Å². The van der Waals surface area contributed by atoms with Crippen molar-refractivity contribution in [2.75, 3.05) is 6.54 Å². The second-order valence-corrected chi connectivity index (χ2v) is 5.86. The first-order valence-corrected chi connectivity index (χ1v) is 7.64. The average Bonchev–Trinajstić information content (AvgIpc) is 3.04. The highest BCUT2D eigenvalue weighted by molar-refractivity contribution is 9.10. The molecule has 0 aliphatic heterocycles. The van der Waals surface area contributed by atoms with Crippen LogP contribution in [0.4, 0.5) is 0 Å². The molecule has 0 saturated carbocycles. The summed E-state index contributed by atoms with van der Waals surface area (Å²) in [5.41, 5.74) is 0. The summed E-state index contributed by atoms with van der Waals surface area (Å²) >= 11 is 6.25. The molecule has 0 aliphatic carbocycles. The third kappa shape index (κ3) is 4.47. The van der Waals surface area contributed by atoms with Crippen molar-refractivity contribution >= 4 is 43.7 Å². The van der Waals surface area contributed by atoms with Crippen LogP contribution in [-0.4, -0.2) is 24.4 Å². The van der Waals surface area contributed by atoms with Gasteiger partial charge in [-0.3, -0.25) is 9.59 Å². The minimum Gasteiger partial charge on any atom is -0.444 e. The van der Waals surface area contributed by atoms with Gasteiger partial charge in [0.25, 0.3) is 11.8 Å². The van der Waals surface area contributed by atoms with E-state index in [1.807, 2.05) is 0 Å². The molecule has 0 aliphatic rings. The summed E-state index contributed by atoms with van der Waals surface area (Å²) in [6.07, 6.45) is 0. The molecule has 0 unspecified atom stereocenters. The summed E-state index contributed by atoms with van der Waals surface area (Å²) in [4.78, 5) is 23.6. The van der Waals surface area contributed by atoms with Gasteiger partial charge < -0.3 is 19.5 Å². The zero-order valence-electron chi connectivity index (χ0n) is 11.0. The third-order valence-corrected chi connectivity index (χ3v) is 3.39. The summed E-state index contributed by atoms with van der Waals surface area (Å²) in [6.45, 7) is 2.04. The molecule has 0 radical (unpaired) electrons. The number of hydrogen-bond acceptors (Lipinski definition) is 4. The van der Waals surface area contributed by atoms with Crippen molar-refractivity contribution in [3.05, 3.63) is 45.1 Å².